The van der Waals surface area contributed by atoms with Crippen molar-refractivity contribution in [3.8, 4) is 0 Å². The molecule has 0 nitrogen and oxygen atoms in total. The Balaban J connectivity index is 1.58. The molecular formula is C20H34. The predicted octanol–water partition coefficient (Wildman–Crippen LogP) is 5.91. The minimum absolute atomic E-state index is 0.612. The monoisotopic (exact) mass is 274 g/mol. The van der Waals surface area contributed by atoms with Gasteiger partial charge >= 0.3 is 0 Å². The van der Waals surface area contributed by atoms with Gasteiger partial charge in [0.2, 0.25) is 0 Å². The van der Waals surface area contributed by atoms with Gasteiger partial charge < -0.3 is 0 Å². The third kappa shape index (κ3) is 1.92. The molecule has 7 atom stereocenters. The SMILES string of the molecule is C[C@@H]1C2CC3C4CCCCC4CCC3C2CCC1(C)C. The maximum Gasteiger partial charge on any atom is -0.0326 e. The van der Waals surface area contributed by atoms with E-state index in [-0.39, 0.29) is 0 Å². The van der Waals surface area contributed by atoms with Crippen LogP contribution in [0.4, 0.5) is 0 Å². The van der Waals surface area contributed by atoms with Crippen LogP contribution in [0.15, 0.2) is 0 Å². The number of hydrogen-bond acceptors (Lipinski definition) is 0. The molecule has 0 radical (unpaired) electrons. The van der Waals surface area contributed by atoms with Crippen molar-refractivity contribution in [2.24, 2.45) is 46.8 Å². The van der Waals surface area contributed by atoms with Crippen molar-refractivity contribution >= 4 is 0 Å². The lowest BCUT2D eigenvalue weighted by Crippen LogP contribution is -2.38. The van der Waals surface area contributed by atoms with Crippen LogP contribution >= 0.6 is 0 Å². The van der Waals surface area contributed by atoms with Gasteiger partial charge in [-0.1, -0.05) is 40.0 Å². The summed E-state index contributed by atoms with van der Waals surface area (Å²) in [5.41, 5.74) is 0.612. The summed E-state index contributed by atoms with van der Waals surface area (Å²) in [6.07, 6.45) is 14.1. The highest BCUT2D eigenvalue weighted by Gasteiger charge is 2.54. The normalized spacial score (nSPS) is 53.9. The quantitative estimate of drug-likeness (QED) is 0.515. The molecule has 0 aliphatic heterocycles. The van der Waals surface area contributed by atoms with Crippen LogP contribution in [0.1, 0.15) is 78.6 Å². The largest absolute Gasteiger partial charge is 0.0617 e. The van der Waals surface area contributed by atoms with E-state index in [1.165, 1.54) is 12.8 Å². The minimum Gasteiger partial charge on any atom is -0.0617 e. The van der Waals surface area contributed by atoms with Gasteiger partial charge in [-0.3, -0.25) is 0 Å². The molecular weight excluding hydrogens is 240 g/mol. The summed E-state index contributed by atoms with van der Waals surface area (Å²) in [7, 11) is 0. The first kappa shape index (κ1) is 13.6. The van der Waals surface area contributed by atoms with Crippen LogP contribution in [0.5, 0.6) is 0 Å². The van der Waals surface area contributed by atoms with Crippen molar-refractivity contribution < 1.29 is 0 Å². The van der Waals surface area contributed by atoms with Gasteiger partial charge in [0.05, 0.1) is 0 Å². The van der Waals surface area contributed by atoms with E-state index in [0.29, 0.717) is 5.41 Å². The third-order valence-corrected chi connectivity index (χ3v) is 8.58. The highest BCUT2D eigenvalue weighted by molar-refractivity contribution is 5.04. The first-order valence-corrected chi connectivity index (χ1v) is 9.58. The highest BCUT2D eigenvalue weighted by atomic mass is 14.6. The molecule has 4 aliphatic rings. The van der Waals surface area contributed by atoms with Crippen molar-refractivity contribution in [3.63, 3.8) is 0 Å². The van der Waals surface area contributed by atoms with Gasteiger partial charge in [0.25, 0.3) is 0 Å². The lowest BCUT2D eigenvalue weighted by Gasteiger charge is -2.47. The number of hydrogen-bond donors (Lipinski definition) is 0. The van der Waals surface area contributed by atoms with Crippen LogP contribution in [0.2, 0.25) is 0 Å². The van der Waals surface area contributed by atoms with Crippen LogP contribution in [0.25, 0.3) is 0 Å². The molecule has 4 fully saturated rings. The Bertz CT molecular complexity index is 368. The molecule has 0 heterocycles. The second kappa shape index (κ2) is 4.75. The van der Waals surface area contributed by atoms with E-state index in [9.17, 15) is 0 Å². The van der Waals surface area contributed by atoms with Crippen molar-refractivity contribution in [1.82, 2.24) is 0 Å². The lowest BCUT2D eigenvalue weighted by atomic mass is 9.59. The Morgan fingerprint density at radius 3 is 2.30 bits per heavy atom. The molecule has 0 aromatic carbocycles. The Kier molecular flexibility index (Phi) is 3.24. The minimum atomic E-state index is 0.612. The average Bonchev–Trinajstić information content (AvgIpc) is 2.83. The zero-order valence-electron chi connectivity index (χ0n) is 13.9. The molecule has 0 spiro atoms. The molecule has 0 aromatic heterocycles. The molecule has 4 rings (SSSR count). The summed E-state index contributed by atoms with van der Waals surface area (Å²) >= 11 is 0. The van der Waals surface area contributed by atoms with Crippen LogP contribution in [-0.4, -0.2) is 0 Å². The highest BCUT2D eigenvalue weighted by Crippen LogP contribution is 2.63. The second-order valence-electron chi connectivity index (χ2n) is 9.49. The molecule has 114 valence electrons. The van der Waals surface area contributed by atoms with Crippen molar-refractivity contribution in [1.29, 1.82) is 0 Å². The van der Waals surface area contributed by atoms with E-state index < -0.39 is 0 Å². The lowest BCUT2D eigenvalue weighted by molar-refractivity contribution is 0.0284. The molecule has 4 saturated carbocycles. The maximum atomic E-state index is 2.59. The molecule has 6 unspecified atom stereocenters. The Hall–Kier alpha value is 0. The van der Waals surface area contributed by atoms with E-state index in [4.69, 9.17) is 0 Å². The van der Waals surface area contributed by atoms with Crippen LogP contribution in [-0.2, 0) is 0 Å². The summed E-state index contributed by atoms with van der Waals surface area (Å²) in [6, 6.07) is 0. The Labute approximate surface area is 126 Å². The van der Waals surface area contributed by atoms with Gasteiger partial charge in [-0.2, -0.15) is 0 Å². The van der Waals surface area contributed by atoms with Crippen molar-refractivity contribution in [3.05, 3.63) is 0 Å². The topological polar surface area (TPSA) is 0 Å². The van der Waals surface area contributed by atoms with Crippen molar-refractivity contribution in [2.45, 2.75) is 78.6 Å². The summed E-state index contributed by atoms with van der Waals surface area (Å²) in [5.74, 6) is 7.71. The first-order chi connectivity index (χ1) is 9.58. The van der Waals surface area contributed by atoms with Gasteiger partial charge in [-0.25, -0.2) is 0 Å². The molecule has 0 bridgehead atoms. The fraction of sp³-hybridized carbons (Fsp3) is 1.00. The standard InChI is InChI=1S/C20H34/c1-13-18-12-19-15-7-5-4-6-14(15)8-9-16(19)17(18)10-11-20(13,2)3/h13-19H,4-12H2,1-3H3/t13-,14?,15?,16?,17?,18?,19?/m1/s1. The van der Waals surface area contributed by atoms with Crippen molar-refractivity contribution in [2.75, 3.05) is 0 Å². The predicted molar refractivity (Wildman–Crippen MR) is 85.4 cm³/mol. The summed E-state index contributed by atoms with van der Waals surface area (Å²) in [4.78, 5) is 0. The molecule has 0 amide bonds. The fourth-order valence-corrected chi connectivity index (χ4v) is 7.13. The molecule has 0 N–H and O–H groups in total. The number of fused-ring (bicyclic) bond motifs is 5. The average molecular weight is 274 g/mol. The summed E-state index contributed by atoms with van der Waals surface area (Å²) in [5, 5.41) is 0. The second-order valence-corrected chi connectivity index (χ2v) is 9.49. The molecule has 0 aromatic rings. The maximum absolute atomic E-state index is 2.59. The smallest absolute Gasteiger partial charge is 0.0326 e. The van der Waals surface area contributed by atoms with Gasteiger partial charge in [0.1, 0.15) is 0 Å². The van der Waals surface area contributed by atoms with E-state index in [1.54, 1.807) is 44.9 Å². The fourth-order valence-electron chi connectivity index (χ4n) is 7.13. The van der Waals surface area contributed by atoms with E-state index in [2.05, 4.69) is 20.8 Å². The Morgan fingerprint density at radius 2 is 1.45 bits per heavy atom. The molecule has 0 saturated heterocycles. The zero-order valence-corrected chi connectivity index (χ0v) is 13.9. The molecule has 4 aliphatic carbocycles. The Morgan fingerprint density at radius 1 is 0.700 bits per heavy atom. The van der Waals surface area contributed by atoms with Gasteiger partial charge in [-0.05, 0) is 85.4 Å². The van der Waals surface area contributed by atoms with Gasteiger partial charge in [0, 0.05) is 0 Å². The van der Waals surface area contributed by atoms with E-state index in [0.717, 1.165) is 41.4 Å². The first-order valence-electron chi connectivity index (χ1n) is 9.58. The van der Waals surface area contributed by atoms with Gasteiger partial charge in [-0.15, -0.1) is 0 Å². The van der Waals surface area contributed by atoms with E-state index in [1.807, 2.05) is 0 Å². The molecule has 20 heavy (non-hydrogen) atoms. The van der Waals surface area contributed by atoms with Gasteiger partial charge in [0.15, 0.2) is 0 Å². The van der Waals surface area contributed by atoms with Crippen LogP contribution in [0, 0.1) is 46.8 Å². The van der Waals surface area contributed by atoms with Crippen LogP contribution < -0.4 is 0 Å². The van der Waals surface area contributed by atoms with Crippen LogP contribution in [0.3, 0.4) is 0 Å². The zero-order chi connectivity index (χ0) is 13.9. The summed E-state index contributed by atoms with van der Waals surface area (Å²) in [6.45, 7) is 7.67. The van der Waals surface area contributed by atoms with E-state index >= 15 is 0 Å². The number of rotatable bonds is 0. The third-order valence-electron chi connectivity index (χ3n) is 8.58. The molecule has 0 heteroatoms. The summed E-state index contributed by atoms with van der Waals surface area (Å²) < 4.78 is 0.